The molecule has 0 aromatic heterocycles. The predicted octanol–water partition coefficient (Wildman–Crippen LogP) is 0.00430. The Balaban J connectivity index is 2.48. The van der Waals surface area contributed by atoms with Crippen molar-refractivity contribution in [2.45, 2.75) is 32.4 Å². The second-order valence-corrected chi connectivity index (χ2v) is 4.37. The summed E-state index contributed by atoms with van der Waals surface area (Å²) in [6.45, 7) is 4.47. The first-order chi connectivity index (χ1) is 7.47. The third kappa shape index (κ3) is 2.72. The standard InChI is InChI=1S/C11H20N2O3/c1-7(11(15)16-4)8(2)12-9-5-6-13(3)10(9)14/h7-9,12H,5-6H2,1-4H3. The maximum atomic E-state index is 11.7. The molecular formula is C11H20N2O3. The second-order valence-electron chi connectivity index (χ2n) is 4.37. The van der Waals surface area contributed by atoms with Crippen LogP contribution in [0.5, 0.6) is 0 Å². The number of hydrogen-bond donors (Lipinski definition) is 1. The summed E-state index contributed by atoms with van der Waals surface area (Å²) in [5.74, 6) is -0.397. The van der Waals surface area contributed by atoms with Crippen molar-refractivity contribution in [2.24, 2.45) is 5.92 Å². The van der Waals surface area contributed by atoms with Crippen LogP contribution in [0.3, 0.4) is 0 Å². The molecule has 1 aliphatic heterocycles. The number of likely N-dealkylation sites (tertiary alicyclic amines) is 1. The molecule has 0 bridgehead atoms. The van der Waals surface area contributed by atoms with Gasteiger partial charge in [0.25, 0.3) is 0 Å². The van der Waals surface area contributed by atoms with Crippen molar-refractivity contribution in [1.82, 2.24) is 10.2 Å². The van der Waals surface area contributed by atoms with E-state index in [4.69, 9.17) is 0 Å². The van der Waals surface area contributed by atoms with Crippen LogP contribution in [0.1, 0.15) is 20.3 Å². The molecule has 16 heavy (non-hydrogen) atoms. The molecule has 1 fully saturated rings. The van der Waals surface area contributed by atoms with Crippen molar-refractivity contribution in [1.29, 1.82) is 0 Å². The molecule has 3 atom stereocenters. The zero-order chi connectivity index (χ0) is 12.3. The summed E-state index contributed by atoms with van der Waals surface area (Å²) in [4.78, 5) is 24.7. The van der Waals surface area contributed by atoms with Gasteiger partial charge in [-0.3, -0.25) is 9.59 Å². The number of carbonyl (C=O) groups is 2. The molecule has 1 amide bonds. The number of carbonyl (C=O) groups excluding carboxylic acids is 2. The Kier molecular flexibility index (Phi) is 4.29. The van der Waals surface area contributed by atoms with E-state index < -0.39 is 0 Å². The van der Waals surface area contributed by atoms with Gasteiger partial charge in [0.15, 0.2) is 0 Å². The van der Waals surface area contributed by atoms with Crippen LogP contribution in [0.25, 0.3) is 0 Å². The number of ether oxygens (including phenoxy) is 1. The Bertz CT molecular complexity index is 280. The van der Waals surface area contributed by atoms with Gasteiger partial charge in [0.05, 0.1) is 19.1 Å². The predicted molar refractivity (Wildman–Crippen MR) is 59.8 cm³/mol. The normalized spacial score (nSPS) is 24.4. The number of amides is 1. The van der Waals surface area contributed by atoms with Crippen LogP contribution in [-0.2, 0) is 14.3 Å². The van der Waals surface area contributed by atoms with Crippen molar-refractivity contribution >= 4 is 11.9 Å². The van der Waals surface area contributed by atoms with Gasteiger partial charge in [-0.2, -0.15) is 0 Å². The summed E-state index contributed by atoms with van der Waals surface area (Å²) in [6.07, 6.45) is 0.799. The molecule has 1 heterocycles. The van der Waals surface area contributed by atoms with E-state index in [1.807, 2.05) is 6.92 Å². The maximum Gasteiger partial charge on any atom is 0.309 e. The minimum absolute atomic E-state index is 0.0621. The van der Waals surface area contributed by atoms with Gasteiger partial charge in [-0.05, 0) is 13.3 Å². The van der Waals surface area contributed by atoms with Gasteiger partial charge >= 0.3 is 5.97 Å². The Morgan fingerprint density at radius 1 is 1.56 bits per heavy atom. The summed E-state index contributed by atoms with van der Waals surface area (Å²) >= 11 is 0. The second kappa shape index (κ2) is 5.30. The topological polar surface area (TPSA) is 58.6 Å². The number of rotatable bonds is 4. The van der Waals surface area contributed by atoms with E-state index in [1.54, 1.807) is 18.9 Å². The quantitative estimate of drug-likeness (QED) is 0.688. The monoisotopic (exact) mass is 228 g/mol. The fourth-order valence-corrected chi connectivity index (χ4v) is 1.83. The summed E-state index contributed by atoms with van der Waals surface area (Å²) < 4.78 is 4.67. The molecule has 1 N–H and O–H groups in total. The Labute approximate surface area is 96.1 Å². The molecule has 0 aromatic carbocycles. The van der Waals surface area contributed by atoms with Crippen molar-refractivity contribution in [3.63, 3.8) is 0 Å². The van der Waals surface area contributed by atoms with E-state index >= 15 is 0 Å². The summed E-state index contributed by atoms with van der Waals surface area (Å²) in [7, 11) is 3.17. The van der Waals surface area contributed by atoms with Crippen LogP contribution in [0.15, 0.2) is 0 Å². The van der Waals surface area contributed by atoms with E-state index in [-0.39, 0.29) is 29.9 Å². The third-order valence-electron chi connectivity index (χ3n) is 3.21. The van der Waals surface area contributed by atoms with Crippen LogP contribution in [0.2, 0.25) is 0 Å². The van der Waals surface area contributed by atoms with Gasteiger partial charge in [-0.15, -0.1) is 0 Å². The van der Waals surface area contributed by atoms with Crippen molar-refractivity contribution < 1.29 is 14.3 Å². The van der Waals surface area contributed by atoms with E-state index in [1.165, 1.54) is 7.11 Å². The first-order valence-corrected chi connectivity index (χ1v) is 5.56. The van der Waals surface area contributed by atoms with E-state index in [0.29, 0.717) is 0 Å². The van der Waals surface area contributed by atoms with Crippen LogP contribution < -0.4 is 5.32 Å². The minimum Gasteiger partial charge on any atom is -0.469 e. The minimum atomic E-state index is -0.251. The molecule has 0 radical (unpaired) electrons. The van der Waals surface area contributed by atoms with Crippen molar-refractivity contribution in [3.05, 3.63) is 0 Å². The highest BCUT2D eigenvalue weighted by molar-refractivity contribution is 5.83. The first-order valence-electron chi connectivity index (χ1n) is 5.56. The average Bonchev–Trinajstić information content (AvgIpc) is 2.58. The maximum absolute atomic E-state index is 11.7. The van der Waals surface area contributed by atoms with E-state index in [0.717, 1.165) is 13.0 Å². The number of nitrogens with zero attached hydrogens (tertiary/aromatic N) is 1. The molecule has 0 spiro atoms. The zero-order valence-electron chi connectivity index (χ0n) is 10.3. The number of nitrogens with one attached hydrogen (secondary N) is 1. The lowest BCUT2D eigenvalue weighted by Crippen LogP contribution is -2.46. The zero-order valence-corrected chi connectivity index (χ0v) is 10.3. The molecule has 0 saturated carbocycles. The van der Waals surface area contributed by atoms with Crippen LogP contribution >= 0.6 is 0 Å². The molecular weight excluding hydrogens is 208 g/mol. The summed E-state index contributed by atoms with van der Waals surface area (Å²) in [5, 5.41) is 3.18. The van der Waals surface area contributed by atoms with Gasteiger partial charge < -0.3 is 15.0 Å². The molecule has 0 aromatic rings. The highest BCUT2D eigenvalue weighted by Gasteiger charge is 2.32. The Morgan fingerprint density at radius 2 is 2.19 bits per heavy atom. The molecule has 0 aliphatic carbocycles. The highest BCUT2D eigenvalue weighted by Crippen LogP contribution is 2.12. The average molecular weight is 228 g/mol. The van der Waals surface area contributed by atoms with Gasteiger partial charge in [-0.1, -0.05) is 6.92 Å². The lowest BCUT2D eigenvalue weighted by atomic mass is 10.0. The van der Waals surface area contributed by atoms with Gasteiger partial charge in [0.2, 0.25) is 5.91 Å². The fourth-order valence-electron chi connectivity index (χ4n) is 1.83. The van der Waals surface area contributed by atoms with Crippen LogP contribution in [0, 0.1) is 5.92 Å². The molecule has 1 aliphatic rings. The molecule has 5 nitrogen and oxygen atoms in total. The SMILES string of the molecule is COC(=O)C(C)C(C)NC1CCN(C)C1=O. The smallest absolute Gasteiger partial charge is 0.309 e. The number of methoxy groups -OCH3 is 1. The van der Waals surface area contributed by atoms with E-state index in [2.05, 4.69) is 10.1 Å². The van der Waals surface area contributed by atoms with Gasteiger partial charge in [0, 0.05) is 19.6 Å². The molecule has 92 valence electrons. The fraction of sp³-hybridized carbons (Fsp3) is 0.818. The number of esters is 1. The lowest BCUT2D eigenvalue weighted by molar-refractivity contribution is -0.146. The summed E-state index contributed by atoms with van der Waals surface area (Å²) in [5.41, 5.74) is 0. The van der Waals surface area contributed by atoms with Gasteiger partial charge in [0.1, 0.15) is 0 Å². The number of likely N-dealkylation sites (N-methyl/N-ethyl adjacent to an activating group) is 1. The first kappa shape index (κ1) is 13.0. The molecule has 5 heteroatoms. The molecule has 1 rings (SSSR count). The lowest BCUT2D eigenvalue weighted by Gasteiger charge is -2.22. The largest absolute Gasteiger partial charge is 0.469 e. The molecule has 3 unspecified atom stereocenters. The molecule has 1 saturated heterocycles. The highest BCUT2D eigenvalue weighted by atomic mass is 16.5. The van der Waals surface area contributed by atoms with Crippen LogP contribution in [-0.4, -0.2) is 49.6 Å². The van der Waals surface area contributed by atoms with Gasteiger partial charge in [-0.25, -0.2) is 0 Å². The Hall–Kier alpha value is -1.10. The number of hydrogen-bond acceptors (Lipinski definition) is 4. The van der Waals surface area contributed by atoms with Crippen molar-refractivity contribution in [2.75, 3.05) is 20.7 Å². The third-order valence-corrected chi connectivity index (χ3v) is 3.21. The van der Waals surface area contributed by atoms with Crippen molar-refractivity contribution in [3.8, 4) is 0 Å². The Morgan fingerprint density at radius 3 is 2.62 bits per heavy atom. The summed E-state index contributed by atoms with van der Waals surface area (Å²) in [6, 6.07) is -0.222. The van der Waals surface area contributed by atoms with Crippen LogP contribution in [0.4, 0.5) is 0 Å². The van der Waals surface area contributed by atoms with E-state index in [9.17, 15) is 9.59 Å².